The predicted octanol–water partition coefficient (Wildman–Crippen LogP) is 2.71. The zero-order valence-electron chi connectivity index (χ0n) is 12.6. The van der Waals surface area contributed by atoms with Crippen molar-refractivity contribution in [2.45, 2.75) is 6.92 Å². The lowest BCUT2D eigenvalue weighted by Crippen LogP contribution is -2.42. The Kier molecular flexibility index (Phi) is 4.35. The first-order valence-electron chi connectivity index (χ1n) is 7.03. The minimum absolute atomic E-state index is 0.204. The molecule has 0 atom stereocenters. The average molecular weight is 345 g/mol. The summed E-state index contributed by atoms with van der Waals surface area (Å²) in [6.45, 7) is 1.61. The molecule has 0 aliphatic carbocycles. The standard InChI is InChI=1S/C16H13ClN4O3/c1-9-13(14(21-24-9)10-5-2-3-6-11(10)17)16(23)20-19-15(22)12-7-4-8-18-12/h2-8,18H,1H3,(H,19,22)(H,20,23). The number of rotatable bonds is 3. The fraction of sp³-hybridized carbons (Fsp3) is 0.0625. The van der Waals surface area contributed by atoms with Gasteiger partial charge < -0.3 is 9.51 Å². The number of H-pyrrole nitrogens is 1. The van der Waals surface area contributed by atoms with Gasteiger partial charge in [-0.1, -0.05) is 35.0 Å². The lowest BCUT2D eigenvalue weighted by Gasteiger charge is -2.07. The molecule has 0 saturated carbocycles. The first-order chi connectivity index (χ1) is 11.6. The minimum Gasteiger partial charge on any atom is -0.360 e. The number of amides is 2. The van der Waals surface area contributed by atoms with Crippen molar-refractivity contribution in [3.05, 3.63) is 64.6 Å². The number of hydrogen-bond donors (Lipinski definition) is 3. The molecule has 0 radical (unpaired) electrons. The Labute approximate surface area is 142 Å². The number of benzene rings is 1. The van der Waals surface area contributed by atoms with Gasteiger partial charge in [-0.2, -0.15) is 0 Å². The van der Waals surface area contributed by atoms with Crippen LogP contribution in [0.2, 0.25) is 5.02 Å². The number of hydrogen-bond acceptors (Lipinski definition) is 4. The van der Waals surface area contributed by atoms with E-state index in [1.807, 2.05) is 0 Å². The van der Waals surface area contributed by atoms with Crippen LogP contribution in [0, 0.1) is 6.92 Å². The van der Waals surface area contributed by atoms with Gasteiger partial charge in [0.15, 0.2) is 0 Å². The number of nitrogens with zero attached hydrogens (tertiary/aromatic N) is 1. The maximum Gasteiger partial charge on any atom is 0.286 e. The number of nitrogens with one attached hydrogen (secondary N) is 3. The van der Waals surface area contributed by atoms with Crippen LogP contribution in [0.25, 0.3) is 11.3 Å². The first kappa shape index (κ1) is 15.8. The Morgan fingerprint density at radius 3 is 2.58 bits per heavy atom. The van der Waals surface area contributed by atoms with Crippen LogP contribution in [-0.4, -0.2) is 22.0 Å². The lowest BCUT2D eigenvalue weighted by atomic mass is 10.1. The molecule has 0 saturated heterocycles. The highest BCUT2D eigenvalue weighted by atomic mass is 35.5. The smallest absolute Gasteiger partial charge is 0.286 e. The van der Waals surface area contributed by atoms with E-state index in [4.69, 9.17) is 16.1 Å². The molecular weight excluding hydrogens is 332 g/mol. The molecule has 2 amide bonds. The Hall–Kier alpha value is -3.06. The molecule has 0 bridgehead atoms. The van der Waals surface area contributed by atoms with E-state index in [9.17, 15) is 9.59 Å². The fourth-order valence-electron chi connectivity index (χ4n) is 2.19. The van der Waals surface area contributed by atoms with E-state index in [-0.39, 0.29) is 5.56 Å². The van der Waals surface area contributed by atoms with Crippen LogP contribution >= 0.6 is 11.6 Å². The summed E-state index contributed by atoms with van der Waals surface area (Å²) in [6, 6.07) is 10.2. The van der Waals surface area contributed by atoms with Crippen LogP contribution < -0.4 is 10.9 Å². The van der Waals surface area contributed by atoms with Crippen molar-refractivity contribution >= 4 is 23.4 Å². The molecule has 0 fully saturated rings. The van der Waals surface area contributed by atoms with Gasteiger partial charge in [-0.05, 0) is 25.1 Å². The molecule has 2 aromatic heterocycles. The summed E-state index contributed by atoms with van der Waals surface area (Å²) < 4.78 is 5.12. The molecule has 1 aromatic carbocycles. The van der Waals surface area contributed by atoms with Crippen LogP contribution in [0.5, 0.6) is 0 Å². The molecule has 2 heterocycles. The van der Waals surface area contributed by atoms with Crippen LogP contribution in [0.3, 0.4) is 0 Å². The second kappa shape index (κ2) is 6.59. The highest BCUT2D eigenvalue weighted by molar-refractivity contribution is 6.33. The molecule has 3 rings (SSSR count). The Morgan fingerprint density at radius 1 is 1.12 bits per heavy atom. The maximum absolute atomic E-state index is 12.4. The van der Waals surface area contributed by atoms with Gasteiger partial charge in [0.25, 0.3) is 11.8 Å². The predicted molar refractivity (Wildman–Crippen MR) is 87.4 cm³/mol. The number of halogens is 1. The molecule has 7 nitrogen and oxygen atoms in total. The molecule has 3 aromatic rings. The van der Waals surface area contributed by atoms with Gasteiger partial charge in [-0.25, -0.2) is 0 Å². The van der Waals surface area contributed by atoms with Gasteiger partial charge >= 0.3 is 0 Å². The lowest BCUT2D eigenvalue weighted by molar-refractivity contribution is 0.0843. The molecule has 24 heavy (non-hydrogen) atoms. The monoisotopic (exact) mass is 344 g/mol. The fourth-order valence-corrected chi connectivity index (χ4v) is 2.42. The summed E-state index contributed by atoms with van der Waals surface area (Å²) in [4.78, 5) is 27.0. The van der Waals surface area contributed by atoms with Crippen molar-refractivity contribution in [2.24, 2.45) is 0 Å². The van der Waals surface area contributed by atoms with E-state index in [0.717, 1.165) is 0 Å². The number of aryl methyl sites for hydroxylation is 1. The van der Waals surface area contributed by atoms with E-state index in [0.29, 0.717) is 27.7 Å². The quantitative estimate of drug-likeness (QED) is 0.636. The molecule has 122 valence electrons. The molecule has 8 heteroatoms. The maximum atomic E-state index is 12.4. The third kappa shape index (κ3) is 3.02. The van der Waals surface area contributed by atoms with Crippen molar-refractivity contribution in [3.63, 3.8) is 0 Å². The van der Waals surface area contributed by atoms with E-state index in [1.54, 1.807) is 49.5 Å². The molecular formula is C16H13ClN4O3. The van der Waals surface area contributed by atoms with Gasteiger partial charge in [-0.15, -0.1) is 0 Å². The van der Waals surface area contributed by atoms with Crippen molar-refractivity contribution < 1.29 is 14.1 Å². The van der Waals surface area contributed by atoms with Crippen LogP contribution in [0.4, 0.5) is 0 Å². The van der Waals surface area contributed by atoms with Gasteiger partial charge in [-0.3, -0.25) is 20.4 Å². The summed E-state index contributed by atoms with van der Waals surface area (Å²) in [7, 11) is 0. The van der Waals surface area contributed by atoms with Crippen molar-refractivity contribution in [1.29, 1.82) is 0 Å². The van der Waals surface area contributed by atoms with E-state index < -0.39 is 11.8 Å². The number of carbonyl (C=O) groups is 2. The zero-order chi connectivity index (χ0) is 17.1. The van der Waals surface area contributed by atoms with E-state index in [1.165, 1.54) is 0 Å². The summed E-state index contributed by atoms with van der Waals surface area (Å²) in [5.41, 5.74) is 6.07. The third-order valence-corrected chi connectivity index (χ3v) is 3.68. The zero-order valence-corrected chi connectivity index (χ0v) is 13.3. The number of hydrazine groups is 1. The Bertz CT molecular complexity index is 887. The van der Waals surface area contributed by atoms with E-state index >= 15 is 0 Å². The first-order valence-corrected chi connectivity index (χ1v) is 7.41. The van der Waals surface area contributed by atoms with Gasteiger partial charge in [0.2, 0.25) is 0 Å². The number of aromatic amines is 1. The van der Waals surface area contributed by atoms with Crippen LogP contribution in [0.1, 0.15) is 26.6 Å². The SMILES string of the molecule is Cc1onc(-c2ccccc2Cl)c1C(=O)NNC(=O)c1ccc[nH]1. The summed E-state index contributed by atoms with van der Waals surface area (Å²) in [5, 5.41) is 4.35. The summed E-state index contributed by atoms with van der Waals surface area (Å²) >= 11 is 6.15. The van der Waals surface area contributed by atoms with Crippen molar-refractivity contribution in [1.82, 2.24) is 21.0 Å². The second-order valence-electron chi connectivity index (χ2n) is 4.93. The van der Waals surface area contributed by atoms with Crippen molar-refractivity contribution in [2.75, 3.05) is 0 Å². The summed E-state index contributed by atoms with van der Waals surface area (Å²) in [5.74, 6) is -0.707. The molecule has 0 aliphatic heterocycles. The second-order valence-corrected chi connectivity index (χ2v) is 5.34. The molecule has 0 aliphatic rings. The average Bonchev–Trinajstić information content (AvgIpc) is 3.22. The van der Waals surface area contributed by atoms with Gasteiger partial charge in [0, 0.05) is 11.8 Å². The molecule has 0 unspecified atom stereocenters. The van der Waals surface area contributed by atoms with Gasteiger partial charge in [0.05, 0.1) is 5.02 Å². The topological polar surface area (TPSA) is 100 Å². The minimum atomic E-state index is -0.552. The highest BCUT2D eigenvalue weighted by Crippen LogP contribution is 2.30. The number of aromatic nitrogens is 2. The van der Waals surface area contributed by atoms with Gasteiger partial charge in [0.1, 0.15) is 22.7 Å². The van der Waals surface area contributed by atoms with Crippen LogP contribution in [-0.2, 0) is 0 Å². The molecule has 3 N–H and O–H groups in total. The Morgan fingerprint density at radius 2 is 1.88 bits per heavy atom. The largest absolute Gasteiger partial charge is 0.360 e. The van der Waals surface area contributed by atoms with Crippen LogP contribution in [0.15, 0.2) is 47.1 Å². The summed E-state index contributed by atoms with van der Waals surface area (Å²) in [6.07, 6.45) is 1.61. The Balaban J connectivity index is 1.82. The van der Waals surface area contributed by atoms with E-state index in [2.05, 4.69) is 21.0 Å². The molecule has 0 spiro atoms. The normalized spacial score (nSPS) is 10.4. The number of carbonyl (C=O) groups excluding carboxylic acids is 2. The highest BCUT2D eigenvalue weighted by Gasteiger charge is 2.23. The third-order valence-electron chi connectivity index (χ3n) is 3.35. The van der Waals surface area contributed by atoms with Crippen molar-refractivity contribution in [3.8, 4) is 11.3 Å².